The Morgan fingerprint density at radius 2 is 2.19 bits per heavy atom. The predicted octanol–water partition coefficient (Wildman–Crippen LogP) is 2.79. The fraction of sp³-hybridized carbons (Fsp3) is 0.750. The van der Waals surface area contributed by atoms with E-state index in [1.165, 1.54) is 12.8 Å². The second-order valence-electron chi connectivity index (χ2n) is 5.03. The summed E-state index contributed by atoms with van der Waals surface area (Å²) in [5, 5.41) is 3.22. The summed E-state index contributed by atoms with van der Waals surface area (Å²) in [5.74, 6) is 0.894. The first-order chi connectivity index (χ1) is 7.58. The Balaban J connectivity index is 2.10. The van der Waals surface area contributed by atoms with E-state index in [1.807, 2.05) is 6.92 Å². The molecule has 4 heteroatoms. The van der Waals surface area contributed by atoms with Crippen molar-refractivity contribution >= 4 is 16.5 Å². The molecule has 2 N–H and O–H groups in total. The minimum Gasteiger partial charge on any atom is -0.345 e. The Hall–Kier alpha value is -0.610. The van der Waals surface area contributed by atoms with Crippen molar-refractivity contribution in [1.29, 1.82) is 0 Å². The molecule has 0 aromatic carbocycles. The lowest BCUT2D eigenvalue weighted by atomic mass is 10.3. The smallest absolute Gasteiger partial charge is 0.185 e. The Labute approximate surface area is 102 Å². The van der Waals surface area contributed by atoms with E-state index < -0.39 is 0 Å². The molecule has 0 radical (unpaired) electrons. The minimum absolute atomic E-state index is 0.0416. The van der Waals surface area contributed by atoms with Gasteiger partial charge >= 0.3 is 0 Å². The van der Waals surface area contributed by atoms with Crippen LogP contribution in [0.3, 0.4) is 0 Å². The van der Waals surface area contributed by atoms with Gasteiger partial charge in [-0.3, -0.25) is 0 Å². The van der Waals surface area contributed by atoms with Crippen molar-refractivity contribution in [2.24, 2.45) is 11.7 Å². The van der Waals surface area contributed by atoms with Gasteiger partial charge in [-0.2, -0.15) is 0 Å². The highest BCUT2D eigenvalue weighted by atomic mass is 32.1. The maximum Gasteiger partial charge on any atom is 0.185 e. The summed E-state index contributed by atoms with van der Waals surface area (Å²) in [6.07, 6.45) is 2.77. The lowest BCUT2D eigenvalue weighted by molar-refractivity contribution is 0.640. The molecule has 1 aliphatic carbocycles. The third kappa shape index (κ3) is 2.74. The lowest BCUT2D eigenvalue weighted by Gasteiger charge is -2.26. The van der Waals surface area contributed by atoms with Gasteiger partial charge in [0.05, 0.1) is 5.69 Å². The van der Waals surface area contributed by atoms with Gasteiger partial charge in [0, 0.05) is 24.0 Å². The van der Waals surface area contributed by atoms with Crippen LogP contribution >= 0.6 is 11.3 Å². The van der Waals surface area contributed by atoms with Gasteiger partial charge in [-0.1, -0.05) is 0 Å². The summed E-state index contributed by atoms with van der Waals surface area (Å²) < 4.78 is 0. The van der Waals surface area contributed by atoms with Gasteiger partial charge in [-0.15, -0.1) is 11.3 Å². The number of hydrogen-bond donors (Lipinski definition) is 1. The molecule has 1 atom stereocenters. The number of rotatable bonds is 5. The van der Waals surface area contributed by atoms with Crippen molar-refractivity contribution in [3.8, 4) is 0 Å². The molecule has 1 aliphatic rings. The Bertz CT molecular complexity index is 342. The molecule has 0 bridgehead atoms. The van der Waals surface area contributed by atoms with E-state index in [-0.39, 0.29) is 6.04 Å². The van der Waals surface area contributed by atoms with Crippen LogP contribution in [0.25, 0.3) is 0 Å². The second-order valence-corrected chi connectivity index (χ2v) is 5.87. The quantitative estimate of drug-likeness (QED) is 0.859. The average molecular weight is 239 g/mol. The molecule has 1 heterocycles. The molecule has 1 fully saturated rings. The normalized spacial score (nSPS) is 17.8. The SMILES string of the molecule is CC(N)c1csc(N(CC2CC2)C(C)C)n1. The Kier molecular flexibility index (Phi) is 3.50. The van der Waals surface area contributed by atoms with E-state index in [4.69, 9.17) is 5.73 Å². The molecule has 1 aromatic rings. The highest BCUT2D eigenvalue weighted by Crippen LogP contribution is 2.33. The van der Waals surface area contributed by atoms with E-state index in [1.54, 1.807) is 11.3 Å². The second kappa shape index (κ2) is 4.72. The van der Waals surface area contributed by atoms with Gasteiger partial charge in [0.25, 0.3) is 0 Å². The number of thiazole rings is 1. The van der Waals surface area contributed by atoms with Crippen LogP contribution in [0.2, 0.25) is 0 Å². The fourth-order valence-corrected chi connectivity index (χ4v) is 2.78. The van der Waals surface area contributed by atoms with Crippen LogP contribution < -0.4 is 10.6 Å². The number of hydrogen-bond acceptors (Lipinski definition) is 4. The van der Waals surface area contributed by atoms with Gasteiger partial charge in [-0.25, -0.2) is 4.98 Å². The first kappa shape index (κ1) is 11.9. The molecule has 1 aromatic heterocycles. The molecule has 16 heavy (non-hydrogen) atoms. The largest absolute Gasteiger partial charge is 0.345 e. The van der Waals surface area contributed by atoms with E-state index in [2.05, 4.69) is 29.1 Å². The van der Waals surface area contributed by atoms with E-state index in [0.29, 0.717) is 6.04 Å². The van der Waals surface area contributed by atoms with Gasteiger partial charge in [0.15, 0.2) is 5.13 Å². The summed E-state index contributed by atoms with van der Waals surface area (Å²) in [6.45, 7) is 7.60. The molecule has 0 saturated heterocycles. The lowest BCUT2D eigenvalue weighted by Crippen LogP contribution is -2.32. The number of nitrogens with two attached hydrogens (primary N) is 1. The van der Waals surface area contributed by atoms with Crippen LogP contribution in [0.4, 0.5) is 5.13 Å². The average Bonchev–Trinajstić information content (AvgIpc) is 2.89. The van der Waals surface area contributed by atoms with Crippen molar-refractivity contribution in [1.82, 2.24) is 4.98 Å². The third-order valence-corrected chi connectivity index (χ3v) is 3.89. The van der Waals surface area contributed by atoms with Crippen LogP contribution in [0.5, 0.6) is 0 Å². The van der Waals surface area contributed by atoms with Crippen LogP contribution in [0.1, 0.15) is 45.3 Å². The maximum atomic E-state index is 5.84. The van der Waals surface area contributed by atoms with Crippen LogP contribution in [0, 0.1) is 5.92 Å². The minimum atomic E-state index is 0.0416. The van der Waals surface area contributed by atoms with Crippen molar-refractivity contribution in [3.63, 3.8) is 0 Å². The van der Waals surface area contributed by atoms with Crippen molar-refractivity contribution < 1.29 is 0 Å². The zero-order chi connectivity index (χ0) is 11.7. The third-order valence-electron chi connectivity index (χ3n) is 3.00. The molecule has 0 spiro atoms. The molecule has 0 aliphatic heterocycles. The summed E-state index contributed by atoms with van der Waals surface area (Å²) in [4.78, 5) is 7.04. The van der Waals surface area contributed by atoms with E-state index in [0.717, 1.165) is 23.3 Å². The number of nitrogens with zero attached hydrogens (tertiary/aromatic N) is 2. The molecular formula is C12H21N3S. The van der Waals surface area contributed by atoms with Crippen LogP contribution in [-0.2, 0) is 0 Å². The maximum absolute atomic E-state index is 5.84. The van der Waals surface area contributed by atoms with Crippen LogP contribution in [0.15, 0.2) is 5.38 Å². The molecule has 1 unspecified atom stereocenters. The molecular weight excluding hydrogens is 218 g/mol. The molecule has 1 saturated carbocycles. The Morgan fingerprint density at radius 1 is 1.50 bits per heavy atom. The van der Waals surface area contributed by atoms with Gasteiger partial charge in [-0.05, 0) is 39.5 Å². The monoisotopic (exact) mass is 239 g/mol. The highest BCUT2D eigenvalue weighted by Gasteiger charge is 2.27. The molecule has 0 amide bonds. The van der Waals surface area contributed by atoms with Crippen molar-refractivity contribution in [2.45, 2.75) is 45.7 Å². The van der Waals surface area contributed by atoms with E-state index >= 15 is 0 Å². The molecule has 3 nitrogen and oxygen atoms in total. The van der Waals surface area contributed by atoms with Gasteiger partial charge < -0.3 is 10.6 Å². The Morgan fingerprint density at radius 3 is 2.62 bits per heavy atom. The summed E-state index contributed by atoms with van der Waals surface area (Å²) in [5.41, 5.74) is 6.86. The predicted molar refractivity (Wildman–Crippen MR) is 69.9 cm³/mol. The topological polar surface area (TPSA) is 42.1 Å². The van der Waals surface area contributed by atoms with Crippen LogP contribution in [-0.4, -0.2) is 17.6 Å². The summed E-state index contributed by atoms with van der Waals surface area (Å²) in [7, 11) is 0. The zero-order valence-corrected chi connectivity index (χ0v) is 11.1. The molecule has 90 valence electrons. The molecule has 2 rings (SSSR count). The van der Waals surface area contributed by atoms with Gasteiger partial charge in [0.1, 0.15) is 0 Å². The number of aromatic nitrogens is 1. The van der Waals surface area contributed by atoms with Gasteiger partial charge in [0.2, 0.25) is 0 Å². The number of anilines is 1. The fourth-order valence-electron chi connectivity index (χ4n) is 1.71. The zero-order valence-electron chi connectivity index (χ0n) is 10.3. The van der Waals surface area contributed by atoms with Crippen molar-refractivity contribution in [3.05, 3.63) is 11.1 Å². The van der Waals surface area contributed by atoms with Crippen molar-refractivity contribution in [2.75, 3.05) is 11.4 Å². The first-order valence-electron chi connectivity index (χ1n) is 6.05. The standard InChI is InChI=1S/C12H21N3S/c1-8(2)15(6-10-4-5-10)12-14-11(7-16-12)9(3)13/h7-10H,4-6,13H2,1-3H3. The van der Waals surface area contributed by atoms with E-state index in [9.17, 15) is 0 Å². The highest BCUT2D eigenvalue weighted by molar-refractivity contribution is 7.13. The summed E-state index contributed by atoms with van der Waals surface area (Å²) in [6, 6.07) is 0.563. The first-order valence-corrected chi connectivity index (χ1v) is 6.93. The summed E-state index contributed by atoms with van der Waals surface area (Å²) >= 11 is 1.72.